The highest BCUT2D eigenvalue weighted by Crippen LogP contribution is 2.23. The number of hydrogen-bond acceptors (Lipinski definition) is 2. The normalized spacial score (nSPS) is 13.7. The molecule has 86 valence electrons. The lowest BCUT2D eigenvalue weighted by molar-refractivity contribution is -0.172. The van der Waals surface area contributed by atoms with Crippen LogP contribution < -0.4 is 0 Å². The maximum absolute atomic E-state index is 5.57. The van der Waals surface area contributed by atoms with Gasteiger partial charge in [-0.05, 0) is 5.92 Å². The number of rotatable bonds is 7. The highest BCUT2D eigenvalue weighted by Gasteiger charge is 2.32. The summed E-state index contributed by atoms with van der Waals surface area (Å²) >= 11 is 0. The van der Waals surface area contributed by atoms with E-state index in [1.165, 1.54) is 12.5 Å². The summed E-state index contributed by atoms with van der Waals surface area (Å²) in [7, 11) is 3.22. The Kier molecular flexibility index (Phi) is 6.65. The molecule has 0 radical (unpaired) electrons. The van der Waals surface area contributed by atoms with Gasteiger partial charge in [-0.25, -0.2) is 0 Å². The van der Waals surface area contributed by atoms with Crippen molar-refractivity contribution in [3.8, 4) is 0 Å². The van der Waals surface area contributed by atoms with Crippen LogP contribution in [-0.4, -0.2) is 29.1 Å². The standard InChI is InChI=1S/C11H26O2Si/c1-9(2)7-8-14-11(12-5,13-6)10(3)4/h9-10H,7-8,14H2,1-6H3. The van der Waals surface area contributed by atoms with Gasteiger partial charge >= 0.3 is 0 Å². The molecule has 0 bridgehead atoms. The molecule has 0 aromatic carbocycles. The Hall–Kier alpha value is 0.137. The maximum atomic E-state index is 5.57. The molecule has 0 aliphatic rings. The SMILES string of the molecule is COC(OC)([SiH2]CCC(C)C)C(C)C. The third-order valence-electron chi connectivity index (χ3n) is 2.88. The number of ether oxygens (including phenoxy) is 2. The quantitative estimate of drug-likeness (QED) is 0.482. The topological polar surface area (TPSA) is 18.5 Å². The predicted octanol–water partition coefficient (Wildman–Crippen LogP) is 2.22. The van der Waals surface area contributed by atoms with E-state index in [1.807, 2.05) is 0 Å². The van der Waals surface area contributed by atoms with Gasteiger partial charge in [0.15, 0.2) is 0 Å². The van der Waals surface area contributed by atoms with E-state index < -0.39 is 0 Å². The van der Waals surface area contributed by atoms with E-state index in [-0.39, 0.29) is 14.9 Å². The molecule has 0 saturated heterocycles. The van der Waals surface area contributed by atoms with E-state index >= 15 is 0 Å². The third kappa shape index (κ3) is 4.11. The summed E-state index contributed by atoms with van der Waals surface area (Å²) in [6.07, 6.45) is 1.30. The van der Waals surface area contributed by atoms with Crippen molar-refractivity contribution in [2.75, 3.05) is 14.2 Å². The molecule has 0 fully saturated rings. The first-order valence-corrected chi connectivity index (χ1v) is 7.29. The average molecular weight is 218 g/mol. The lowest BCUT2D eigenvalue weighted by atomic mass is 10.2. The molecule has 0 spiro atoms. The van der Waals surface area contributed by atoms with Gasteiger partial charge in [0.05, 0.1) is 9.52 Å². The van der Waals surface area contributed by atoms with Gasteiger partial charge in [0, 0.05) is 20.1 Å². The Balaban J connectivity index is 4.08. The Bertz CT molecular complexity index is 142. The zero-order chi connectivity index (χ0) is 11.2. The minimum Gasteiger partial charge on any atom is -0.357 e. The van der Waals surface area contributed by atoms with Crippen LogP contribution in [0.1, 0.15) is 34.1 Å². The van der Waals surface area contributed by atoms with E-state index in [0.29, 0.717) is 5.92 Å². The van der Waals surface area contributed by atoms with Gasteiger partial charge in [0.25, 0.3) is 0 Å². The van der Waals surface area contributed by atoms with Gasteiger partial charge in [0.1, 0.15) is 5.41 Å². The second-order valence-corrected chi connectivity index (χ2v) is 6.85. The van der Waals surface area contributed by atoms with Gasteiger partial charge in [-0.1, -0.05) is 40.2 Å². The van der Waals surface area contributed by atoms with Crippen molar-refractivity contribution >= 4 is 9.52 Å². The van der Waals surface area contributed by atoms with E-state index in [9.17, 15) is 0 Å². The van der Waals surface area contributed by atoms with E-state index in [2.05, 4.69) is 27.7 Å². The number of hydrogen-bond donors (Lipinski definition) is 0. The molecule has 0 heterocycles. The van der Waals surface area contributed by atoms with Crippen LogP contribution in [0.2, 0.25) is 6.04 Å². The monoisotopic (exact) mass is 218 g/mol. The van der Waals surface area contributed by atoms with Crippen molar-refractivity contribution in [2.45, 2.75) is 45.6 Å². The van der Waals surface area contributed by atoms with Crippen molar-refractivity contribution < 1.29 is 9.47 Å². The molecular weight excluding hydrogens is 192 g/mol. The smallest absolute Gasteiger partial charge is 0.146 e. The zero-order valence-electron chi connectivity index (χ0n) is 10.6. The van der Waals surface area contributed by atoms with Crippen LogP contribution >= 0.6 is 0 Å². The summed E-state index contributed by atoms with van der Waals surface area (Å²) in [6, 6.07) is 1.30. The minimum absolute atomic E-state index is 0.241. The van der Waals surface area contributed by atoms with Gasteiger partial charge in [-0.3, -0.25) is 0 Å². The summed E-state index contributed by atoms with van der Waals surface area (Å²) in [5, 5.41) is 0. The van der Waals surface area contributed by atoms with Crippen molar-refractivity contribution in [1.29, 1.82) is 0 Å². The van der Waals surface area contributed by atoms with Crippen LogP contribution in [0.15, 0.2) is 0 Å². The minimum atomic E-state index is -0.316. The summed E-state index contributed by atoms with van der Waals surface area (Å²) in [6.45, 7) is 8.89. The first-order chi connectivity index (χ1) is 6.48. The van der Waals surface area contributed by atoms with Crippen LogP contribution in [0.4, 0.5) is 0 Å². The predicted molar refractivity (Wildman–Crippen MR) is 64.4 cm³/mol. The first kappa shape index (κ1) is 14.1. The molecule has 0 aliphatic heterocycles. The maximum Gasteiger partial charge on any atom is 0.146 e. The van der Waals surface area contributed by atoms with Gasteiger partial charge in [0.2, 0.25) is 0 Å². The fourth-order valence-electron chi connectivity index (χ4n) is 1.80. The van der Waals surface area contributed by atoms with Crippen molar-refractivity contribution in [3.63, 3.8) is 0 Å². The molecule has 2 nitrogen and oxygen atoms in total. The fraction of sp³-hybridized carbons (Fsp3) is 1.00. The molecule has 0 unspecified atom stereocenters. The average Bonchev–Trinajstić information content (AvgIpc) is 2.12. The van der Waals surface area contributed by atoms with Crippen LogP contribution in [0, 0.1) is 11.8 Å². The molecule has 0 saturated carbocycles. The van der Waals surface area contributed by atoms with Crippen LogP contribution in [0.5, 0.6) is 0 Å². The molecule has 3 heteroatoms. The second kappa shape index (κ2) is 6.59. The van der Waals surface area contributed by atoms with Crippen molar-refractivity contribution in [3.05, 3.63) is 0 Å². The zero-order valence-corrected chi connectivity index (χ0v) is 12.0. The molecule has 0 aliphatic carbocycles. The van der Waals surface area contributed by atoms with Crippen molar-refractivity contribution in [1.82, 2.24) is 0 Å². The van der Waals surface area contributed by atoms with Crippen molar-refractivity contribution in [2.24, 2.45) is 11.8 Å². The van der Waals surface area contributed by atoms with E-state index in [0.717, 1.165) is 5.92 Å². The number of methoxy groups -OCH3 is 2. The Morgan fingerprint density at radius 1 is 1.07 bits per heavy atom. The largest absolute Gasteiger partial charge is 0.357 e. The summed E-state index contributed by atoms with van der Waals surface area (Å²) in [5.74, 6) is 1.25. The third-order valence-corrected chi connectivity index (χ3v) is 5.73. The summed E-state index contributed by atoms with van der Waals surface area (Å²) in [5.41, 5.74) is -0.241. The van der Waals surface area contributed by atoms with Gasteiger partial charge in [-0.15, -0.1) is 0 Å². The first-order valence-electron chi connectivity index (χ1n) is 5.58. The van der Waals surface area contributed by atoms with E-state index in [4.69, 9.17) is 9.47 Å². The molecule has 0 aromatic heterocycles. The van der Waals surface area contributed by atoms with Gasteiger partial charge in [-0.2, -0.15) is 0 Å². The van der Waals surface area contributed by atoms with Crippen LogP contribution in [-0.2, 0) is 9.47 Å². The second-order valence-electron chi connectivity index (χ2n) is 4.66. The fourth-order valence-corrected chi connectivity index (χ4v) is 4.30. The van der Waals surface area contributed by atoms with Crippen LogP contribution in [0.3, 0.4) is 0 Å². The Morgan fingerprint density at radius 3 is 1.86 bits per heavy atom. The van der Waals surface area contributed by atoms with Gasteiger partial charge < -0.3 is 9.47 Å². The lowest BCUT2D eigenvalue weighted by Crippen LogP contribution is -2.45. The summed E-state index contributed by atoms with van der Waals surface area (Å²) in [4.78, 5) is 0. The lowest BCUT2D eigenvalue weighted by Gasteiger charge is -2.35. The molecular formula is C11H26O2Si. The summed E-state index contributed by atoms with van der Waals surface area (Å²) < 4.78 is 11.1. The molecule has 0 atom stereocenters. The molecule has 14 heavy (non-hydrogen) atoms. The highest BCUT2D eigenvalue weighted by atomic mass is 28.2. The highest BCUT2D eigenvalue weighted by molar-refractivity contribution is 6.39. The van der Waals surface area contributed by atoms with Crippen LogP contribution in [0.25, 0.3) is 0 Å². The molecule has 0 aromatic rings. The molecule has 0 N–H and O–H groups in total. The molecule has 0 amide bonds. The molecule has 0 rings (SSSR count). The Morgan fingerprint density at radius 2 is 1.57 bits per heavy atom. The van der Waals surface area contributed by atoms with E-state index in [1.54, 1.807) is 14.2 Å². The Labute approximate surface area is 91.2 Å².